The number of aromatic nitrogens is 1. The molecule has 0 radical (unpaired) electrons. The molecule has 2 N–H and O–H groups in total. The summed E-state index contributed by atoms with van der Waals surface area (Å²) in [6.07, 6.45) is 3.15. The summed E-state index contributed by atoms with van der Waals surface area (Å²) in [6, 6.07) is 5.00. The van der Waals surface area contributed by atoms with Crippen LogP contribution in [-0.4, -0.2) is 33.6 Å². The number of aliphatic carboxylic acids is 1. The molecule has 22 heavy (non-hydrogen) atoms. The molecule has 6 nitrogen and oxygen atoms in total. The van der Waals surface area contributed by atoms with Crippen molar-refractivity contribution in [2.45, 2.75) is 57.6 Å². The fourth-order valence-electron chi connectivity index (χ4n) is 2.84. The Bertz CT molecular complexity index is 551. The van der Waals surface area contributed by atoms with Gasteiger partial charge in [0.2, 0.25) is 5.88 Å². The summed E-state index contributed by atoms with van der Waals surface area (Å²) in [6.45, 7) is 3.77. The van der Waals surface area contributed by atoms with Gasteiger partial charge in [-0.1, -0.05) is 18.9 Å². The Labute approximate surface area is 129 Å². The Kier molecular flexibility index (Phi) is 5.00. The summed E-state index contributed by atoms with van der Waals surface area (Å²) in [5.74, 6) is -0.856. The van der Waals surface area contributed by atoms with Crippen molar-refractivity contribution in [3.63, 3.8) is 0 Å². The van der Waals surface area contributed by atoms with E-state index in [2.05, 4.69) is 10.3 Å². The molecule has 1 saturated carbocycles. The van der Waals surface area contributed by atoms with Gasteiger partial charge in [0.1, 0.15) is 5.69 Å². The molecule has 0 unspecified atom stereocenters. The van der Waals surface area contributed by atoms with Crippen molar-refractivity contribution in [3.05, 3.63) is 23.9 Å². The zero-order valence-electron chi connectivity index (χ0n) is 13.0. The van der Waals surface area contributed by atoms with Gasteiger partial charge in [-0.15, -0.1) is 0 Å². The average molecular weight is 306 g/mol. The van der Waals surface area contributed by atoms with Crippen LogP contribution < -0.4 is 10.1 Å². The van der Waals surface area contributed by atoms with Gasteiger partial charge in [-0.3, -0.25) is 9.59 Å². The van der Waals surface area contributed by atoms with Crippen molar-refractivity contribution in [3.8, 4) is 5.88 Å². The number of nitrogens with zero attached hydrogens (tertiary/aromatic N) is 1. The highest BCUT2D eigenvalue weighted by Gasteiger charge is 2.37. The topological polar surface area (TPSA) is 88.5 Å². The van der Waals surface area contributed by atoms with Crippen LogP contribution in [0.4, 0.5) is 0 Å². The third-order valence-electron chi connectivity index (χ3n) is 3.74. The van der Waals surface area contributed by atoms with Gasteiger partial charge in [-0.05, 0) is 32.8 Å². The number of nitrogens with one attached hydrogen (secondary N) is 1. The van der Waals surface area contributed by atoms with Gasteiger partial charge in [-0.25, -0.2) is 4.98 Å². The quantitative estimate of drug-likeness (QED) is 0.842. The fourth-order valence-corrected chi connectivity index (χ4v) is 2.84. The molecule has 0 saturated heterocycles. The summed E-state index contributed by atoms with van der Waals surface area (Å²) in [5, 5.41) is 12.0. The molecule has 0 spiro atoms. The predicted molar refractivity (Wildman–Crippen MR) is 80.9 cm³/mol. The molecule has 0 aromatic carbocycles. The number of ether oxygens (including phenoxy) is 1. The van der Waals surface area contributed by atoms with E-state index in [0.29, 0.717) is 18.7 Å². The Morgan fingerprint density at radius 1 is 1.36 bits per heavy atom. The van der Waals surface area contributed by atoms with E-state index in [1.54, 1.807) is 18.2 Å². The first-order valence-electron chi connectivity index (χ1n) is 7.58. The Hall–Kier alpha value is -2.11. The zero-order chi connectivity index (χ0) is 16.2. The Balaban J connectivity index is 2.12. The monoisotopic (exact) mass is 306 g/mol. The van der Waals surface area contributed by atoms with Crippen LogP contribution in [0.2, 0.25) is 0 Å². The van der Waals surface area contributed by atoms with Crippen LogP contribution in [0.1, 0.15) is 56.4 Å². The summed E-state index contributed by atoms with van der Waals surface area (Å²) >= 11 is 0. The van der Waals surface area contributed by atoms with Crippen LogP contribution in [0.3, 0.4) is 0 Å². The summed E-state index contributed by atoms with van der Waals surface area (Å²) in [5.41, 5.74) is -0.408. The van der Waals surface area contributed by atoms with Crippen molar-refractivity contribution in [2.75, 3.05) is 0 Å². The van der Waals surface area contributed by atoms with E-state index in [4.69, 9.17) is 9.84 Å². The lowest BCUT2D eigenvalue weighted by molar-refractivity contribution is -0.138. The predicted octanol–water partition coefficient (Wildman–Crippen LogP) is 2.39. The molecular formula is C16H22N2O4. The van der Waals surface area contributed by atoms with Crippen LogP contribution in [0.15, 0.2) is 18.2 Å². The van der Waals surface area contributed by atoms with Crippen LogP contribution in [0.5, 0.6) is 5.88 Å². The van der Waals surface area contributed by atoms with Gasteiger partial charge >= 0.3 is 5.97 Å². The minimum absolute atomic E-state index is 0.0287. The van der Waals surface area contributed by atoms with Crippen LogP contribution in [0.25, 0.3) is 0 Å². The minimum Gasteiger partial charge on any atom is -0.481 e. The van der Waals surface area contributed by atoms with Crippen LogP contribution in [0, 0.1) is 0 Å². The second kappa shape index (κ2) is 6.77. The lowest BCUT2D eigenvalue weighted by atomic mass is 9.93. The smallest absolute Gasteiger partial charge is 0.305 e. The normalized spacial score (nSPS) is 16.5. The number of carboxylic acids is 1. The molecule has 1 aliphatic carbocycles. The first kappa shape index (κ1) is 16.3. The van der Waals surface area contributed by atoms with E-state index in [-0.39, 0.29) is 24.1 Å². The van der Waals surface area contributed by atoms with Gasteiger partial charge in [0.15, 0.2) is 0 Å². The van der Waals surface area contributed by atoms with E-state index in [1.807, 2.05) is 13.8 Å². The van der Waals surface area contributed by atoms with Gasteiger partial charge in [0.25, 0.3) is 5.91 Å². The summed E-state index contributed by atoms with van der Waals surface area (Å²) < 4.78 is 5.48. The Morgan fingerprint density at radius 2 is 2.05 bits per heavy atom. The maximum atomic E-state index is 12.4. The van der Waals surface area contributed by atoms with Crippen LogP contribution in [-0.2, 0) is 4.79 Å². The number of carboxylic acid groups (broad SMARTS) is 1. The molecule has 6 heteroatoms. The lowest BCUT2D eigenvalue weighted by Crippen LogP contribution is -2.48. The highest BCUT2D eigenvalue weighted by Crippen LogP contribution is 2.33. The fraction of sp³-hybridized carbons (Fsp3) is 0.562. The number of carbonyl (C=O) groups is 2. The standard InChI is InChI=1S/C16H22N2O4/c1-11(2)22-13-7-5-6-12(17-13)15(21)18-16(10-14(19)20)8-3-4-9-16/h5-7,11H,3-4,8-10H2,1-2H3,(H,18,21)(H,19,20). The molecule has 1 aromatic heterocycles. The second-order valence-corrected chi connectivity index (χ2v) is 6.04. The number of carbonyl (C=O) groups excluding carboxylic acids is 1. The number of hydrogen-bond acceptors (Lipinski definition) is 4. The van der Waals surface area contributed by atoms with Crippen molar-refractivity contribution in [2.24, 2.45) is 0 Å². The molecular weight excluding hydrogens is 284 g/mol. The molecule has 0 bridgehead atoms. The summed E-state index contributed by atoms with van der Waals surface area (Å²) in [4.78, 5) is 27.7. The number of hydrogen-bond donors (Lipinski definition) is 2. The van der Waals surface area contributed by atoms with Crippen molar-refractivity contribution >= 4 is 11.9 Å². The molecule has 1 amide bonds. The molecule has 1 heterocycles. The highest BCUT2D eigenvalue weighted by molar-refractivity contribution is 5.93. The summed E-state index contributed by atoms with van der Waals surface area (Å²) in [7, 11) is 0. The average Bonchev–Trinajstić information content (AvgIpc) is 2.85. The molecule has 1 aromatic rings. The molecule has 120 valence electrons. The van der Waals surface area contributed by atoms with Gasteiger partial charge in [0.05, 0.1) is 18.1 Å². The molecule has 0 atom stereocenters. The van der Waals surface area contributed by atoms with Gasteiger partial charge in [-0.2, -0.15) is 0 Å². The third kappa shape index (κ3) is 4.19. The van der Waals surface area contributed by atoms with Gasteiger partial charge < -0.3 is 15.2 Å². The third-order valence-corrected chi connectivity index (χ3v) is 3.74. The van der Waals surface area contributed by atoms with Gasteiger partial charge in [0, 0.05) is 6.07 Å². The maximum Gasteiger partial charge on any atom is 0.305 e. The first-order valence-corrected chi connectivity index (χ1v) is 7.58. The SMILES string of the molecule is CC(C)Oc1cccc(C(=O)NC2(CC(=O)O)CCCC2)n1. The lowest BCUT2D eigenvalue weighted by Gasteiger charge is -2.28. The molecule has 1 aliphatic rings. The van der Waals surface area contributed by atoms with Crippen molar-refractivity contribution < 1.29 is 19.4 Å². The molecule has 0 aliphatic heterocycles. The molecule has 2 rings (SSSR count). The van der Waals surface area contributed by atoms with Crippen LogP contribution >= 0.6 is 0 Å². The number of amides is 1. The minimum atomic E-state index is -0.896. The van der Waals surface area contributed by atoms with E-state index in [0.717, 1.165) is 12.8 Å². The Morgan fingerprint density at radius 3 is 2.64 bits per heavy atom. The highest BCUT2D eigenvalue weighted by atomic mass is 16.5. The van der Waals surface area contributed by atoms with Crippen molar-refractivity contribution in [1.82, 2.24) is 10.3 Å². The zero-order valence-corrected chi connectivity index (χ0v) is 13.0. The molecule has 1 fully saturated rings. The second-order valence-electron chi connectivity index (χ2n) is 6.04. The first-order chi connectivity index (χ1) is 10.4. The van der Waals surface area contributed by atoms with E-state index in [9.17, 15) is 9.59 Å². The number of rotatable bonds is 6. The van der Waals surface area contributed by atoms with Crippen molar-refractivity contribution in [1.29, 1.82) is 0 Å². The largest absolute Gasteiger partial charge is 0.481 e. The van der Waals surface area contributed by atoms with E-state index < -0.39 is 11.5 Å². The maximum absolute atomic E-state index is 12.4. The van der Waals surface area contributed by atoms with E-state index >= 15 is 0 Å². The van der Waals surface area contributed by atoms with E-state index in [1.165, 1.54) is 0 Å². The number of pyridine rings is 1.